The Bertz CT molecular complexity index is 861. The Morgan fingerprint density at radius 2 is 1.88 bits per heavy atom. The van der Waals surface area contributed by atoms with Crippen molar-refractivity contribution in [2.45, 2.75) is 19.3 Å². The number of benzene rings is 2. The van der Waals surface area contributed by atoms with Crippen molar-refractivity contribution in [1.29, 1.82) is 0 Å². The van der Waals surface area contributed by atoms with Gasteiger partial charge in [0.25, 0.3) is 0 Å². The Hall–Kier alpha value is -3.02. The van der Waals surface area contributed by atoms with Crippen LogP contribution in [0, 0.1) is 12.8 Å². The van der Waals surface area contributed by atoms with Gasteiger partial charge in [0.2, 0.25) is 5.91 Å². The summed E-state index contributed by atoms with van der Waals surface area (Å²) in [6.45, 7) is 2.03. The third-order valence-corrected chi connectivity index (χ3v) is 4.70. The minimum absolute atomic E-state index is 0.0178. The molecule has 0 radical (unpaired) electrons. The lowest BCUT2D eigenvalue weighted by molar-refractivity contribution is -0.117. The average Bonchev–Trinajstić information content (AvgIpc) is 3.41. The molecule has 136 valence electrons. The van der Waals surface area contributed by atoms with Crippen LogP contribution >= 0.6 is 0 Å². The molecule has 0 aliphatic heterocycles. The second-order valence-electron chi connectivity index (χ2n) is 6.36. The van der Waals surface area contributed by atoms with Crippen LogP contribution in [0.1, 0.15) is 33.8 Å². The van der Waals surface area contributed by atoms with Gasteiger partial charge in [-0.2, -0.15) is 0 Å². The maximum Gasteiger partial charge on any atom is 0.335 e. The molecule has 0 bridgehead atoms. The van der Waals surface area contributed by atoms with Gasteiger partial charge in [-0.1, -0.05) is 24.3 Å². The van der Waals surface area contributed by atoms with Crippen molar-refractivity contribution >= 4 is 17.6 Å². The number of hydrogen-bond acceptors (Lipinski definition) is 4. The fraction of sp³-hybridized carbons (Fsp3) is 0.300. The van der Waals surface area contributed by atoms with Gasteiger partial charge in [0.1, 0.15) is 0 Å². The van der Waals surface area contributed by atoms with E-state index in [-0.39, 0.29) is 29.1 Å². The van der Waals surface area contributed by atoms with E-state index in [1.807, 2.05) is 31.2 Å². The lowest BCUT2D eigenvalue weighted by Gasteiger charge is -2.15. The van der Waals surface area contributed by atoms with Crippen LogP contribution in [-0.2, 0) is 4.79 Å². The van der Waals surface area contributed by atoms with Gasteiger partial charge in [0, 0.05) is 5.92 Å². The van der Waals surface area contributed by atoms with Gasteiger partial charge in [-0.05, 0) is 42.5 Å². The van der Waals surface area contributed by atoms with E-state index in [1.165, 1.54) is 37.5 Å². The third kappa shape index (κ3) is 3.35. The van der Waals surface area contributed by atoms with Crippen molar-refractivity contribution in [3.63, 3.8) is 0 Å². The molecule has 1 aliphatic rings. The first-order valence-electron chi connectivity index (χ1n) is 8.32. The summed E-state index contributed by atoms with van der Waals surface area (Å²) in [6.07, 6.45) is 0.773. The lowest BCUT2D eigenvalue weighted by atomic mass is 10.0. The van der Waals surface area contributed by atoms with Crippen molar-refractivity contribution in [3.05, 3.63) is 53.1 Å². The number of carboxylic acids is 1. The van der Waals surface area contributed by atoms with Crippen LogP contribution in [0.4, 0.5) is 5.69 Å². The molecule has 26 heavy (non-hydrogen) atoms. The third-order valence-electron chi connectivity index (χ3n) is 4.70. The van der Waals surface area contributed by atoms with Crippen LogP contribution in [0.3, 0.4) is 0 Å². The van der Waals surface area contributed by atoms with E-state index in [0.29, 0.717) is 11.4 Å². The molecule has 2 aromatic rings. The van der Waals surface area contributed by atoms with Crippen LogP contribution in [0.5, 0.6) is 11.5 Å². The molecule has 0 heterocycles. The Balaban J connectivity index is 1.83. The summed E-state index contributed by atoms with van der Waals surface area (Å²) in [7, 11) is 2.87. The van der Waals surface area contributed by atoms with Crippen molar-refractivity contribution in [2.24, 2.45) is 5.92 Å². The molecular weight excluding hydrogens is 334 g/mol. The van der Waals surface area contributed by atoms with Crippen molar-refractivity contribution < 1.29 is 24.2 Å². The Morgan fingerprint density at radius 1 is 1.15 bits per heavy atom. The molecular formula is C20H21NO5. The smallest absolute Gasteiger partial charge is 0.335 e. The fourth-order valence-electron chi connectivity index (χ4n) is 3.24. The highest BCUT2D eigenvalue weighted by Crippen LogP contribution is 2.49. The molecule has 2 N–H and O–H groups in total. The van der Waals surface area contributed by atoms with E-state index >= 15 is 0 Å². The van der Waals surface area contributed by atoms with Crippen LogP contribution in [-0.4, -0.2) is 31.2 Å². The number of ether oxygens (including phenoxy) is 2. The number of aromatic carboxylic acids is 1. The van der Waals surface area contributed by atoms with E-state index in [2.05, 4.69) is 5.32 Å². The SMILES string of the molecule is COc1cc(C(=O)O)cc(NC(=O)C2CC2c2ccccc2C)c1OC. The van der Waals surface area contributed by atoms with Gasteiger partial charge in [0.05, 0.1) is 25.5 Å². The summed E-state index contributed by atoms with van der Waals surface area (Å²) in [5.74, 6) is -0.647. The molecule has 1 aliphatic carbocycles. The van der Waals surface area contributed by atoms with Crippen molar-refractivity contribution in [2.75, 3.05) is 19.5 Å². The first-order chi connectivity index (χ1) is 12.5. The molecule has 6 heteroatoms. The molecule has 3 rings (SSSR count). The summed E-state index contributed by atoms with van der Waals surface area (Å²) in [5, 5.41) is 12.1. The zero-order valence-electron chi connectivity index (χ0n) is 14.9. The van der Waals surface area contributed by atoms with Gasteiger partial charge in [0.15, 0.2) is 11.5 Å². The van der Waals surface area contributed by atoms with Gasteiger partial charge in [-0.25, -0.2) is 4.79 Å². The maximum atomic E-state index is 12.7. The molecule has 6 nitrogen and oxygen atoms in total. The predicted octanol–water partition coefficient (Wildman–Crippen LogP) is 3.45. The molecule has 2 unspecified atom stereocenters. The quantitative estimate of drug-likeness (QED) is 0.829. The monoisotopic (exact) mass is 355 g/mol. The van der Waals surface area contributed by atoms with Gasteiger partial charge >= 0.3 is 5.97 Å². The van der Waals surface area contributed by atoms with E-state index < -0.39 is 5.97 Å². The number of anilines is 1. The second kappa shape index (κ2) is 7.07. The molecule has 1 amide bonds. The molecule has 0 aromatic heterocycles. The number of carboxylic acid groups (broad SMARTS) is 1. The van der Waals surface area contributed by atoms with Crippen LogP contribution in [0.25, 0.3) is 0 Å². The normalized spacial score (nSPS) is 18.1. The highest BCUT2D eigenvalue weighted by molar-refractivity contribution is 5.99. The van der Waals surface area contributed by atoms with Crippen LogP contribution in [0.15, 0.2) is 36.4 Å². The van der Waals surface area contributed by atoms with E-state index in [1.54, 1.807) is 0 Å². The highest BCUT2D eigenvalue weighted by atomic mass is 16.5. The molecule has 1 saturated carbocycles. The summed E-state index contributed by atoms with van der Waals surface area (Å²) in [6, 6.07) is 10.8. The fourth-order valence-corrected chi connectivity index (χ4v) is 3.24. The summed E-state index contributed by atoms with van der Waals surface area (Å²) < 4.78 is 10.5. The summed E-state index contributed by atoms with van der Waals surface area (Å²) in [5.41, 5.74) is 2.66. The van der Waals surface area contributed by atoms with Crippen molar-refractivity contribution in [3.8, 4) is 11.5 Å². The maximum absolute atomic E-state index is 12.7. The van der Waals surface area contributed by atoms with Gasteiger partial charge in [-0.15, -0.1) is 0 Å². The standard InChI is InChI=1S/C20H21NO5/c1-11-6-4-5-7-13(11)14-10-15(14)19(22)21-16-8-12(20(23)24)9-17(25-2)18(16)26-3/h4-9,14-15H,10H2,1-3H3,(H,21,22)(H,23,24). The summed E-state index contributed by atoms with van der Waals surface area (Å²) in [4.78, 5) is 24.0. The molecule has 1 fully saturated rings. The second-order valence-corrected chi connectivity index (χ2v) is 6.36. The Labute approximate surface area is 151 Å². The van der Waals surface area contributed by atoms with E-state index in [4.69, 9.17) is 9.47 Å². The molecule has 0 saturated heterocycles. The average molecular weight is 355 g/mol. The number of methoxy groups -OCH3 is 2. The minimum atomic E-state index is -1.11. The van der Waals surface area contributed by atoms with Crippen LogP contribution < -0.4 is 14.8 Å². The predicted molar refractivity (Wildman–Crippen MR) is 97.2 cm³/mol. The lowest BCUT2D eigenvalue weighted by Crippen LogP contribution is -2.16. The first-order valence-corrected chi connectivity index (χ1v) is 8.32. The zero-order chi connectivity index (χ0) is 18.8. The topological polar surface area (TPSA) is 84.9 Å². The zero-order valence-corrected chi connectivity index (χ0v) is 14.9. The number of carbonyl (C=O) groups is 2. The van der Waals surface area contributed by atoms with Crippen LogP contribution in [0.2, 0.25) is 0 Å². The number of carbonyl (C=O) groups excluding carboxylic acids is 1. The van der Waals surface area contributed by atoms with Gasteiger partial charge in [-0.3, -0.25) is 4.79 Å². The number of aryl methyl sites for hydroxylation is 1. The first kappa shape index (κ1) is 17.8. The number of rotatable bonds is 6. The van der Waals surface area contributed by atoms with Gasteiger partial charge < -0.3 is 19.9 Å². The minimum Gasteiger partial charge on any atom is -0.493 e. The largest absolute Gasteiger partial charge is 0.493 e. The number of hydrogen-bond donors (Lipinski definition) is 2. The molecule has 2 aromatic carbocycles. The Morgan fingerprint density at radius 3 is 2.50 bits per heavy atom. The van der Waals surface area contributed by atoms with Crippen molar-refractivity contribution in [1.82, 2.24) is 0 Å². The summed E-state index contributed by atoms with van der Waals surface area (Å²) >= 11 is 0. The number of nitrogens with one attached hydrogen (secondary N) is 1. The van der Waals surface area contributed by atoms with E-state index in [9.17, 15) is 14.7 Å². The molecule has 0 spiro atoms. The number of amides is 1. The Kier molecular flexibility index (Phi) is 4.84. The molecule has 2 atom stereocenters. The van der Waals surface area contributed by atoms with E-state index in [0.717, 1.165) is 6.42 Å². The highest BCUT2D eigenvalue weighted by Gasteiger charge is 2.44.